The first-order chi connectivity index (χ1) is 18.1. The molecule has 14 heteroatoms. The number of carbonyl (C=O) groups excluding carboxylic acids is 1. The fourth-order valence-corrected chi connectivity index (χ4v) is 4.45. The van der Waals surface area contributed by atoms with Crippen LogP contribution in [0, 0.1) is 5.82 Å². The summed E-state index contributed by atoms with van der Waals surface area (Å²) in [5, 5.41) is 3.06. The highest BCUT2D eigenvalue weighted by Gasteiger charge is 2.24. The van der Waals surface area contributed by atoms with E-state index in [4.69, 9.17) is 25.8 Å². The minimum absolute atomic E-state index is 0.0115. The summed E-state index contributed by atoms with van der Waals surface area (Å²) in [6, 6.07) is 9.35. The minimum atomic E-state index is -3.33. The minimum Gasteiger partial charge on any atom is -0.489 e. The van der Waals surface area contributed by atoms with Crippen molar-refractivity contribution in [3.05, 3.63) is 69.0 Å². The number of carbonyl (C=O) groups is 1. The van der Waals surface area contributed by atoms with Gasteiger partial charge in [0.2, 0.25) is 10.0 Å². The average molecular weight is 569 g/mol. The number of nitrogens with one attached hydrogen (secondary N) is 3. The maximum absolute atomic E-state index is 14.6. The van der Waals surface area contributed by atoms with E-state index in [0.29, 0.717) is 11.4 Å². The number of sulfonamides is 1. The van der Waals surface area contributed by atoms with E-state index in [1.165, 1.54) is 6.07 Å². The van der Waals surface area contributed by atoms with Crippen molar-refractivity contribution in [3.8, 4) is 5.75 Å². The second-order valence-corrected chi connectivity index (χ2v) is 10.9. The van der Waals surface area contributed by atoms with Gasteiger partial charge in [0, 0.05) is 24.5 Å². The number of halogens is 2. The summed E-state index contributed by atoms with van der Waals surface area (Å²) in [6.45, 7) is 0.660. The molecule has 2 atom stereocenters. The Labute approximate surface area is 222 Å². The summed E-state index contributed by atoms with van der Waals surface area (Å²) < 4.78 is 56.2. The van der Waals surface area contributed by atoms with Gasteiger partial charge in [-0.2, -0.15) is 0 Å². The van der Waals surface area contributed by atoms with E-state index < -0.39 is 33.4 Å². The van der Waals surface area contributed by atoms with Crippen LogP contribution >= 0.6 is 11.6 Å². The Morgan fingerprint density at radius 1 is 1.24 bits per heavy atom. The average Bonchev–Trinajstić information content (AvgIpc) is 2.87. The molecule has 0 spiro atoms. The van der Waals surface area contributed by atoms with Crippen LogP contribution in [0.25, 0.3) is 10.9 Å². The van der Waals surface area contributed by atoms with Crippen molar-refractivity contribution < 1.29 is 31.8 Å². The summed E-state index contributed by atoms with van der Waals surface area (Å²) in [4.78, 5) is 31.9. The molecule has 4 rings (SSSR count). The van der Waals surface area contributed by atoms with Crippen molar-refractivity contribution >= 4 is 38.4 Å². The Morgan fingerprint density at radius 2 is 2.00 bits per heavy atom. The van der Waals surface area contributed by atoms with Gasteiger partial charge < -0.3 is 24.5 Å². The Bertz CT molecular complexity index is 1480. The number of nitrogens with zero attached hydrogens (tertiary/aromatic N) is 1. The van der Waals surface area contributed by atoms with Gasteiger partial charge in [-0.15, -0.1) is 0 Å². The molecule has 38 heavy (non-hydrogen) atoms. The molecule has 1 aliphatic heterocycles. The molecule has 2 aromatic carbocycles. The number of aromatic amines is 1. The summed E-state index contributed by atoms with van der Waals surface area (Å²) in [5.74, 6) is -1.88. The molecule has 0 aliphatic carbocycles. The van der Waals surface area contributed by atoms with Gasteiger partial charge in [-0.05, 0) is 29.8 Å². The molecular weight excluding hydrogens is 543 g/mol. The predicted octanol–water partition coefficient (Wildman–Crippen LogP) is 1.75. The highest BCUT2D eigenvalue weighted by Crippen LogP contribution is 2.26. The number of H-pyrrole nitrogens is 1. The van der Waals surface area contributed by atoms with Gasteiger partial charge in [-0.25, -0.2) is 22.5 Å². The molecule has 0 radical (unpaired) electrons. The number of benzene rings is 2. The highest BCUT2D eigenvalue weighted by molar-refractivity contribution is 7.88. The Kier molecular flexibility index (Phi) is 8.95. The van der Waals surface area contributed by atoms with E-state index in [1.807, 2.05) is 0 Å². The molecule has 1 fully saturated rings. The van der Waals surface area contributed by atoms with Gasteiger partial charge in [0.1, 0.15) is 5.39 Å². The number of fused-ring (bicyclic) bond motifs is 1. The fourth-order valence-electron chi connectivity index (χ4n) is 3.74. The SMILES string of the molecule is CS(=O)(=O)NCC1COC(CCOc2c(F)ccc3nc(C(=O)NCc4cccc(Cl)c4)[nH]c(=O)c23)CO1. The number of ether oxygens (including phenoxy) is 3. The topological polar surface area (TPSA) is 149 Å². The van der Waals surface area contributed by atoms with Gasteiger partial charge in [0.15, 0.2) is 17.4 Å². The fraction of sp³-hybridized carbons (Fsp3) is 0.375. The Morgan fingerprint density at radius 3 is 2.71 bits per heavy atom. The van der Waals surface area contributed by atoms with E-state index in [9.17, 15) is 22.4 Å². The lowest BCUT2D eigenvalue weighted by atomic mass is 10.2. The van der Waals surface area contributed by atoms with Crippen LogP contribution < -0.4 is 20.3 Å². The van der Waals surface area contributed by atoms with Crippen LogP contribution in [0.2, 0.25) is 5.02 Å². The molecule has 3 aromatic rings. The zero-order valence-electron chi connectivity index (χ0n) is 20.3. The van der Waals surface area contributed by atoms with E-state index in [1.54, 1.807) is 24.3 Å². The van der Waals surface area contributed by atoms with Crippen LogP contribution in [-0.4, -0.2) is 69.1 Å². The van der Waals surface area contributed by atoms with Crippen LogP contribution in [-0.2, 0) is 26.0 Å². The Balaban J connectivity index is 1.37. The maximum Gasteiger partial charge on any atom is 0.287 e. The third kappa shape index (κ3) is 7.48. The van der Waals surface area contributed by atoms with E-state index in [2.05, 4.69) is 20.0 Å². The normalized spacial score (nSPS) is 17.9. The summed E-state index contributed by atoms with van der Waals surface area (Å²) in [5.41, 5.74) is 0.132. The molecule has 1 aliphatic rings. The summed E-state index contributed by atoms with van der Waals surface area (Å²) in [7, 11) is -3.33. The van der Waals surface area contributed by atoms with Crippen molar-refractivity contribution in [2.75, 3.05) is 32.6 Å². The molecule has 2 unspecified atom stereocenters. The van der Waals surface area contributed by atoms with Gasteiger partial charge in [0.25, 0.3) is 11.5 Å². The van der Waals surface area contributed by atoms with Crippen molar-refractivity contribution in [1.29, 1.82) is 0 Å². The first kappa shape index (κ1) is 27.9. The van der Waals surface area contributed by atoms with E-state index >= 15 is 0 Å². The molecule has 1 saturated heterocycles. The molecule has 2 heterocycles. The first-order valence-electron chi connectivity index (χ1n) is 11.6. The molecule has 1 amide bonds. The lowest BCUT2D eigenvalue weighted by molar-refractivity contribution is -0.134. The van der Waals surface area contributed by atoms with Crippen molar-refractivity contribution in [2.45, 2.75) is 25.2 Å². The standard InChI is InChI=1S/C24H26ClFN4O7S/c1-38(33,34)28-11-17-13-36-16(12-37-17)7-8-35-21-18(26)5-6-19-20(21)23(31)30-22(29-19)24(32)27-10-14-3-2-4-15(25)9-14/h2-6,9,16-17,28H,7-8,10-13H2,1H3,(H,27,32)(H,29,30,31). The van der Waals surface area contributed by atoms with Crippen LogP contribution in [0.4, 0.5) is 4.39 Å². The van der Waals surface area contributed by atoms with Crippen LogP contribution in [0.3, 0.4) is 0 Å². The lowest BCUT2D eigenvalue weighted by Crippen LogP contribution is -2.43. The van der Waals surface area contributed by atoms with Crippen molar-refractivity contribution in [3.63, 3.8) is 0 Å². The van der Waals surface area contributed by atoms with E-state index in [-0.39, 0.29) is 61.5 Å². The second kappa shape index (κ2) is 12.2. The Hall–Kier alpha value is -3.10. The maximum atomic E-state index is 14.6. The highest BCUT2D eigenvalue weighted by atomic mass is 35.5. The number of aromatic nitrogens is 2. The van der Waals surface area contributed by atoms with E-state index in [0.717, 1.165) is 17.9 Å². The molecular formula is C24H26ClFN4O7S. The number of hydrogen-bond acceptors (Lipinski definition) is 8. The third-order valence-corrected chi connectivity index (χ3v) is 6.56. The van der Waals surface area contributed by atoms with Crippen molar-refractivity contribution in [2.24, 2.45) is 0 Å². The zero-order chi connectivity index (χ0) is 27.3. The van der Waals surface area contributed by atoms with Crippen molar-refractivity contribution in [1.82, 2.24) is 20.0 Å². The second-order valence-electron chi connectivity index (χ2n) is 8.67. The number of rotatable bonds is 10. The summed E-state index contributed by atoms with van der Waals surface area (Å²) >= 11 is 5.95. The largest absolute Gasteiger partial charge is 0.489 e. The van der Waals surface area contributed by atoms with Gasteiger partial charge in [-0.1, -0.05) is 23.7 Å². The van der Waals surface area contributed by atoms with Gasteiger partial charge >= 0.3 is 0 Å². The third-order valence-electron chi connectivity index (χ3n) is 5.63. The molecule has 0 bridgehead atoms. The molecule has 3 N–H and O–H groups in total. The predicted molar refractivity (Wildman–Crippen MR) is 137 cm³/mol. The van der Waals surface area contributed by atoms with Gasteiger partial charge in [0.05, 0.1) is 43.8 Å². The van der Waals surface area contributed by atoms with Gasteiger partial charge in [-0.3, -0.25) is 9.59 Å². The molecule has 1 aromatic heterocycles. The lowest BCUT2D eigenvalue weighted by Gasteiger charge is -2.29. The number of amides is 1. The summed E-state index contributed by atoms with van der Waals surface area (Å²) in [6.07, 6.45) is 0.618. The quantitative estimate of drug-likeness (QED) is 0.335. The number of hydrogen-bond donors (Lipinski definition) is 3. The zero-order valence-corrected chi connectivity index (χ0v) is 21.9. The van der Waals surface area contributed by atoms with Crippen LogP contribution in [0.1, 0.15) is 22.6 Å². The monoisotopic (exact) mass is 568 g/mol. The first-order valence-corrected chi connectivity index (χ1v) is 13.9. The smallest absolute Gasteiger partial charge is 0.287 e. The molecule has 204 valence electrons. The molecule has 11 nitrogen and oxygen atoms in total. The van der Waals surface area contributed by atoms with Crippen LogP contribution in [0.5, 0.6) is 5.75 Å². The van der Waals surface area contributed by atoms with Crippen LogP contribution in [0.15, 0.2) is 41.2 Å². The molecule has 0 saturated carbocycles.